The Bertz CT molecular complexity index is 585. The summed E-state index contributed by atoms with van der Waals surface area (Å²) in [6.45, 7) is 0. The molecule has 88 valence electrons. The van der Waals surface area contributed by atoms with Gasteiger partial charge < -0.3 is 10.1 Å². The highest BCUT2D eigenvalue weighted by atomic mass is 35.5. The maximum atomic E-state index is 10.9. The summed E-state index contributed by atoms with van der Waals surface area (Å²) >= 11 is 5.96. The molecule has 1 aromatic carbocycles. The Morgan fingerprint density at radius 2 is 2.29 bits per heavy atom. The zero-order valence-electron chi connectivity index (χ0n) is 8.90. The fourth-order valence-electron chi connectivity index (χ4n) is 1.26. The molecule has 0 saturated carbocycles. The fraction of sp³-hybridized carbons (Fsp3) is 0.100. The highest BCUT2D eigenvalue weighted by molar-refractivity contribution is 6.32. The van der Waals surface area contributed by atoms with Crippen molar-refractivity contribution in [3.05, 3.63) is 39.9 Å². The molecule has 0 fully saturated rings. The summed E-state index contributed by atoms with van der Waals surface area (Å²) in [5, 5.41) is 9.17. The first kappa shape index (κ1) is 11.4. The summed E-state index contributed by atoms with van der Waals surface area (Å²) in [5.74, 6) is 0.921. The van der Waals surface area contributed by atoms with E-state index in [-0.39, 0.29) is 0 Å². The minimum atomic E-state index is -0.519. The Morgan fingerprint density at radius 1 is 1.47 bits per heavy atom. The quantitative estimate of drug-likeness (QED) is 0.867. The van der Waals surface area contributed by atoms with E-state index in [4.69, 9.17) is 16.3 Å². The lowest BCUT2D eigenvalue weighted by Gasteiger charge is -2.07. The van der Waals surface area contributed by atoms with Crippen LogP contribution in [0, 0.1) is 0 Å². The van der Waals surface area contributed by atoms with Crippen molar-refractivity contribution in [1.82, 2.24) is 15.2 Å². The number of anilines is 2. The summed E-state index contributed by atoms with van der Waals surface area (Å²) in [6, 6.07) is 5.14. The summed E-state index contributed by atoms with van der Waals surface area (Å²) in [5.41, 5.74) is 0.172. The van der Waals surface area contributed by atoms with E-state index < -0.39 is 5.69 Å². The van der Waals surface area contributed by atoms with Crippen LogP contribution in [-0.4, -0.2) is 22.3 Å². The molecule has 0 aliphatic heterocycles. The van der Waals surface area contributed by atoms with Gasteiger partial charge in [-0.3, -0.25) is 0 Å². The van der Waals surface area contributed by atoms with Crippen molar-refractivity contribution < 1.29 is 4.74 Å². The predicted octanol–water partition coefficient (Wildman–Crippen LogP) is 1.57. The van der Waals surface area contributed by atoms with Crippen molar-refractivity contribution in [2.45, 2.75) is 0 Å². The van der Waals surface area contributed by atoms with Crippen LogP contribution in [0.15, 0.2) is 29.2 Å². The largest absolute Gasteiger partial charge is 0.495 e. The second kappa shape index (κ2) is 4.84. The van der Waals surface area contributed by atoms with Crippen molar-refractivity contribution >= 4 is 23.1 Å². The second-order valence-electron chi connectivity index (χ2n) is 3.15. The molecule has 0 amide bonds. The second-order valence-corrected chi connectivity index (χ2v) is 3.55. The third-order valence-electron chi connectivity index (χ3n) is 1.99. The van der Waals surface area contributed by atoms with Gasteiger partial charge in [-0.15, -0.1) is 0 Å². The molecule has 0 radical (unpaired) electrons. The van der Waals surface area contributed by atoms with Gasteiger partial charge in [-0.1, -0.05) is 11.6 Å². The number of benzene rings is 1. The van der Waals surface area contributed by atoms with Crippen LogP contribution in [0.4, 0.5) is 11.5 Å². The molecule has 17 heavy (non-hydrogen) atoms. The predicted molar refractivity (Wildman–Crippen MR) is 63.9 cm³/mol. The average molecular weight is 253 g/mol. The number of halogens is 1. The summed E-state index contributed by atoms with van der Waals surface area (Å²) in [4.78, 5) is 14.6. The number of H-pyrrole nitrogens is 1. The standard InChI is InChI=1S/C10H9ClN4O2/c1-17-8-3-2-6(4-7(8)11)13-9-5-12-15-10(16)14-9/h2-5H,1H3,(H2,13,14,15,16). The van der Waals surface area contributed by atoms with E-state index in [0.29, 0.717) is 22.3 Å². The fourth-order valence-corrected chi connectivity index (χ4v) is 1.52. The van der Waals surface area contributed by atoms with Gasteiger partial charge in [-0.05, 0) is 18.2 Å². The SMILES string of the molecule is COc1ccc(Nc2cn[nH]c(=O)n2)cc1Cl. The molecule has 1 heterocycles. The van der Waals surface area contributed by atoms with Gasteiger partial charge in [-0.25, -0.2) is 9.89 Å². The van der Waals surface area contributed by atoms with Crippen molar-refractivity contribution in [2.75, 3.05) is 12.4 Å². The van der Waals surface area contributed by atoms with Crippen LogP contribution in [0.25, 0.3) is 0 Å². The van der Waals surface area contributed by atoms with E-state index in [1.807, 2.05) is 0 Å². The number of nitrogens with one attached hydrogen (secondary N) is 2. The van der Waals surface area contributed by atoms with Gasteiger partial charge in [0.25, 0.3) is 0 Å². The molecule has 0 aliphatic carbocycles. The van der Waals surface area contributed by atoms with Gasteiger partial charge >= 0.3 is 5.69 Å². The maximum Gasteiger partial charge on any atom is 0.363 e. The molecular formula is C10H9ClN4O2. The van der Waals surface area contributed by atoms with E-state index in [1.165, 1.54) is 13.3 Å². The molecule has 0 spiro atoms. The van der Waals surface area contributed by atoms with Crippen LogP contribution in [0.2, 0.25) is 5.02 Å². The Hall–Kier alpha value is -2.08. The number of methoxy groups -OCH3 is 1. The van der Waals surface area contributed by atoms with E-state index in [9.17, 15) is 4.79 Å². The number of hydrogen-bond acceptors (Lipinski definition) is 5. The Labute approximate surface area is 102 Å². The van der Waals surface area contributed by atoms with Crippen molar-refractivity contribution in [3.8, 4) is 5.75 Å². The first-order chi connectivity index (χ1) is 8.19. The first-order valence-corrected chi connectivity index (χ1v) is 5.09. The van der Waals surface area contributed by atoms with Crippen molar-refractivity contribution in [1.29, 1.82) is 0 Å². The number of ether oxygens (including phenoxy) is 1. The van der Waals surface area contributed by atoms with E-state index >= 15 is 0 Å². The normalized spacial score (nSPS) is 10.0. The summed E-state index contributed by atoms with van der Waals surface area (Å²) in [6.07, 6.45) is 1.40. The molecule has 0 bridgehead atoms. The lowest BCUT2D eigenvalue weighted by molar-refractivity contribution is 0.415. The first-order valence-electron chi connectivity index (χ1n) is 4.71. The number of hydrogen-bond donors (Lipinski definition) is 2. The average Bonchev–Trinajstić information content (AvgIpc) is 2.29. The molecular weight excluding hydrogens is 244 g/mol. The van der Waals surface area contributed by atoms with Gasteiger partial charge in [0.05, 0.1) is 18.3 Å². The van der Waals surface area contributed by atoms with Gasteiger partial charge in [0.15, 0.2) is 5.82 Å². The van der Waals surface area contributed by atoms with Crippen molar-refractivity contribution in [3.63, 3.8) is 0 Å². The van der Waals surface area contributed by atoms with Crippen LogP contribution in [0.1, 0.15) is 0 Å². The molecule has 0 saturated heterocycles. The lowest BCUT2D eigenvalue weighted by atomic mass is 10.3. The number of aromatic nitrogens is 3. The maximum absolute atomic E-state index is 10.9. The van der Waals surface area contributed by atoms with Crippen LogP contribution < -0.4 is 15.7 Å². The lowest BCUT2D eigenvalue weighted by Crippen LogP contribution is -2.13. The molecule has 0 atom stereocenters. The highest BCUT2D eigenvalue weighted by Crippen LogP contribution is 2.28. The molecule has 2 aromatic rings. The molecule has 0 unspecified atom stereocenters. The molecule has 7 heteroatoms. The molecule has 6 nitrogen and oxygen atoms in total. The minimum Gasteiger partial charge on any atom is -0.495 e. The summed E-state index contributed by atoms with van der Waals surface area (Å²) < 4.78 is 5.03. The number of rotatable bonds is 3. The molecule has 0 aliphatic rings. The Morgan fingerprint density at radius 3 is 2.94 bits per heavy atom. The molecule has 1 aromatic heterocycles. The van der Waals surface area contributed by atoms with Gasteiger partial charge in [0, 0.05) is 5.69 Å². The van der Waals surface area contributed by atoms with Crippen LogP contribution in [0.5, 0.6) is 5.75 Å². The Balaban J connectivity index is 2.25. The van der Waals surface area contributed by atoms with Crippen LogP contribution in [0.3, 0.4) is 0 Å². The monoisotopic (exact) mass is 252 g/mol. The van der Waals surface area contributed by atoms with E-state index in [0.717, 1.165) is 0 Å². The van der Waals surface area contributed by atoms with E-state index in [1.54, 1.807) is 18.2 Å². The number of aromatic amines is 1. The molecule has 2 rings (SSSR count). The third-order valence-corrected chi connectivity index (χ3v) is 2.29. The molecule has 2 N–H and O–H groups in total. The van der Waals surface area contributed by atoms with Crippen LogP contribution in [-0.2, 0) is 0 Å². The number of nitrogens with zero attached hydrogens (tertiary/aromatic N) is 2. The van der Waals surface area contributed by atoms with Crippen molar-refractivity contribution in [2.24, 2.45) is 0 Å². The van der Waals surface area contributed by atoms with Crippen LogP contribution >= 0.6 is 11.6 Å². The minimum absolute atomic E-state index is 0.343. The topological polar surface area (TPSA) is 79.9 Å². The third kappa shape index (κ3) is 2.73. The summed E-state index contributed by atoms with van der Waals surface area (Å²) in [7, 11) is 1.54. The Kier molecular flexibility index (Phi) is 3.24. The van der Waals surface area contributed by atoms with Gasteiger partial charge in [0.1, 0.15) is 5.75 Å². The zero-order chi connectivity index (χ0) is 12.3. The van der Waals surface area contributed by atoms with Gasteiger partial charge in [0.2, 0.25) is 0 Å². The zero-order valence-corrected chi connectivity index (χ0v) is 9.65. The highest BCUT2D eigenvalue weighted by Gasteiger charge is 2.03. The van der Waals surface area contributed by atoms with Gasteiger partial charge in [-0.2, -0.15) is 10.1 Å². The smallest absolute Gasteiger partial charge is 0.363 e. The van der Waals surface area contributed by atoms with E-state index in [2.05, 4.69) is 20.5 Å².